The molecule has 2 aliphatic rings. The highest BCUT2D eigenvalue weighted by Gasteiger charge is 2.56. The van der Waals surface area contributed by atoms with Crippen LogP contribution in [0.2, 0.25) is 0 Å². The minimum atomic E-state index is -1.02. The first kappa shape index (κ1) is 26.2. The highest BCUT2D eigenvalue weighted by atomic mass is 16.3. The number of hydrogen-bond donors (Lipinski definition) is 3. The van der Waals surface area contributed by atoms with Gasteiger partial charge < -0.3 is 25.5 Å². The lowest BCUT2D eigenvalue weighted by molar-refractivity contribution is -0.147. The Morgan fingerprint density at radius 2 is 2.00 bits per heavy atom. The zero-order chi connectivity index (χ0) is 25.9. The molecule has 10 heteroatoms. The molecule has 3 rings (SSSR count). The summed E-state index contributed by atoms with van der Waals surface area (Å²) in [6.45, 7) is 5.23. The number of nitriles is 1. The first-order valence-electron chi connectivity index (χ1n) is 11.8. The molecule has 4 amide bonds. The van der Waals surface area contributed by atoms with Crippen molar-refractivity contribution in [1.29, 1.82) is 5.26 Å². The van der Waals surface area contributed by atoms with Gasteiger partial charge in [-0.1, -0.05) is 32.0 Å². The molecule has 2 heterocycles. The van der Waals surface area contributed by atoms with Crippen molar-refractivity contribution in [3.05, 3.63) is 29.8 Å². The van der Waals surface area contributed by atoms with Crippen LogP contribution < -0.4 is 10.6 Å². The molecule has 0 radical (unpaired) electrons. The molecule has 1 fully saturated rings. The van der Waals surface area contributed by atoms with E-state index in [4.69, 9.17) is 5.11 Å². The summed E-state index contributed by atoms with van der Waals surface area (Å²) in [5, 5.41) is 24.4. The summed E-state index contributed by atoms with van der Waals surface area (Å²) in [5.41, 5.74) is 0.426. The van der Waals surface area contributed by atoms with E-state index in [0.717, 1.165) is 5.56 Å². The number of anilines is 1. The van der Waals surface area contributed by atoms with E-state index in [0.29, 0.717) is 12.1 Å². The molecule has 1 aromatic carbocycles. The third-order valence-electron chi connectivity index (χ3n) is 6.75. The second-order valence-electron chi connectivity index (χ2n) is 9.87. The van der Waals surface area contributed by atoms with Crippen molar-refractivity contribution >= 4 is 29.3 Å². The summed E-state index contributed by atoms with van der Waals surface area (Å²) in [6.07, 6.45) is 0.0376. The fourth-order valence-electron chi connectivity index (χ4n) is 4.86. The van der Waals surface area contributed by atoms with E-state index in [1.165, 1.54) is 16.8 Å². The van der Waals surface area contributed by atoms with Gasteiger partial charge in [-0.3, -0.25) is 19.2 Å². The number of benzene rings is 1. The Bertz CT molecular complexity index is 1050. The van der Waals surface area contributed by atoms with Crippen LogP contribution in [0.1, 0.15) is 45.6 Å². The molecule has 1 spiro atoms. The number of rotatable bonds is 8. The minimum absolute atomic E-state index is 0.0397. The van der Waals surface area contributed by atoms with Crippen molar-refractivity contribution in [3.63, 3.8) is 0 Å². The lowest BCUT2D eigenvalue weighted by Gasteiger charge is -2.33. The number of likely N-dealkylation sites (tertiary alicyclic amines) is 1. The summed E-state index contributed by atoms with van der Waals surface area (Å²) in [6, 6.07) is 7.22. The maximum absolute atomic E-state index is 13.8. The number of aliphatic hydroxyl groups excluding tert-OH is 1. The second kappa shape index (κ2) is 10.4. The number of fused-ring (bicyclic) bond motifs is 2. The van der Waals surface area contributed by atoms with Crippen molar-refractivity contribution in [2.45, 2.75) is 63.6 Å². The Labute approximate surface area is 205 Å². The summed E-state index contributed by atoms with van der Waals surface area (Å²) < 4.78 is 0. The van der Waals surface area contributed by atoms with Crippen molar-refractivity contribution in [3.8, 4) is 6.07 Å². The second-order valence-corrected chi connectivity index (χ2v) is 9.87. The van der Waals surface area contributed by atoms with Gasteiger partial charge in [0.05, 0.1) is 18.1 Å². The van der Waals surface area contributed by atoms with Crippen LogP contribution in [-0.2, 0) is 24.6 Å². The SMILES string of the molecule is CC(C)C[C@@H](C(=O)N1C[C@]2(C[C@H]1C#N)C(=O)Nc1ccccc12)N(C)C(=O)CC(=O)N[C@H](C)CO. The lowest BCUT2D eigenvalue weighted by Crippen LogP contribution is -2.52. The molecular formula is C25H33N5O5. The van der Waals surface area contributed by atoms with Crippen molar-refractivity contribution in [2.24, 2.45) is 5.92 Å². The van der Waals surface area contributed by atoms with Gasteiger partial charge in [0.1, 0.15) is 18.5 Å². The first-order chi connectivity index (χ1) is 16.5. The summed E-state index contributed by atoms with van der Waals surface area (Å²) in [5.74, 6) is -1.70. The standard InChI is InChI=1S/C25H33N5O5/c1-15(2)9-20(29(4)22(33)10-21(32)27-16(3)13-31)23(34)30-14-25(11-17(30)12-26)18-7-5-6-8-19(18)28-24(25)35/h5-8,15-17,20,31H,9-11,13-14H2,1-4H3,(H,27,32)(H,28,35)/t16-,17+,20+,25+/m1/s1. The predicted octanol–water partition coefficient (Wildman–Crippen LogP) is 0.761. The van der Waals surface area contributed by atoms with Gasteiger partial charge in [-0.15, -0.1) is 0 Å². The van der Waals surface area contributed by atoms with Crippen LogP contribution in [0, 0.1) is 17.2 Å². The number of hydrogen-bond acceptors (Lipinski definition) is 6. The van der Waals surface area contributed by atoms with Crippen LogP contribution in [0.25, 0.3) is 0 Å². The maximum Gasteiger partial charge on any atom is 0.246 e. The van der Waals surface area contributed by atoms with Crippen LogP contribution >= 0.6 is 0 Å². The highest BCUT2D eigenvalue weighted by molar-refractivity contribution is 6.07. The van der Waals surface area contributed by atoms with Crippen LogP contribution in [-0.4, -0.2) is 76.9 Å². The van der Waals surface area contributed by atoms with Gasteiger partial charge in [0.25, 0.3) is 0 Å². The van der Waals surface area contributed by atoms with Gasteiger partial charge in [-0.25, -0.2) is 0 Å². The molecule has 0 saturated carbocycles. The number of amides is 4. The first-order valence-corrected chi connectivity index (χ1v) is 11.8. The van der Waals surface area contributed by atoms with Gasteiger partial charge in [0.15, 0.2) is 0 Å². The van der Waals surface area contributed by atoms with E-state index < -0.39 is 47.7 Å². The minimum Gasteiger partial charge on any atom is -0.394 e. The molecule has 35 heavy (non-hydrogen) atoms. The van der Waals surface area contributed by atoms with E-state index in [2.05, 4.69) is 16.7 Å². The molecule has 3 N–H and O–H groups in total. The Morgan fingerprint density at radius 3 is 2.63 bits per heavy atom. The fraction of sp³-hybridized carbons (Fsp3) is 0.560. The molecular weight excluding hydrogens is 450 g/mol. The number of carbonyl (C=O) groups excluding carboxylic acids is 4. The predicted molar refractivity (Wildman–Crippen MR) is 128 cm³/mol. The number of likely N-dealkylation sites (N-methyl/N-ethyl adjacent to an activating group) is 1. The van der Waals surface area contributed by atoms with Gasteiger partial charge in [0, 0.05) is 31.7 Å². The molecule has 0 unspecified atom stereocenters. The fourth-order valence-corrected chi connectivity index (χ4v) is 4.86. The number of aliphatic hydroxyl groups is 1. The average molecular weight is 484 g/mol. The summed E-state index contributed by atoms with van der Waals surface area (Å²) in [7, 11) is 1.47. The smallest absolute Gasteiger partial charge is 0.246 e. The normalized spacial score (nSPS) is 22.4. The van der Waals surface area contributed by atoms with Crippen LogP contribution in [0.4, 0.5) is 5.69 Å². The number of nitrogens with zero attached hydrogens (tertiary/aromatic N) is 3. The van der Waals surface area contributed by atoms with E-state index >= 15 is 0 Å². The van der Waals surface area contributed by atoms with Gasteiger partial charge >= 0.3 is 0 Å². The molecule has 1 aromatic rings. The van der Waals surface area contributed by atoms with E-state index in [9.17, 15) is 24.4 Å². The van der Waals surface area contributed by atoms with Crippen molar-refractivity contribution < 1.29 is 24.3 Å². The van der Waals surface area contributed by atoms with Gasteiger partial charge in [-0.05, 0) is 30.9 Å². The van der Waals surface area contributed by atoms with E-state index in [1.807, 2.05) is 32.0 Å². The Hall–Kier alpha value is -3.45. The molecule has 2 aliphatic heterocycles. The van der Waals surface area contributed by atoms with E-state index in [1.54, 1.807) is 13.0 Å². The third-order valence-corrected chi connectivity index (χ3v) is 6.75. The highest BCUT2D eigenvalue weighted by Crippen LogP contribution is 2.46. The Morgan fingerprint density at radius 1 is 1.31 bits per heavy atom. The van der Waals surface area contributed by atoms with Gasteiger partial charge in [0.2, 0.25) is 23.6 Å². The molecule has 0 aromatic heterocycles. The number of carbonyl (C=O) groups is 4. The number of nitrogens with one attached hydrogen (secondary N) is 2. The monoisotopic (exact) mass is 483 g/mol. The van der Waals surface area contributed by atoms with Crippen LogP contribution in [0.5, 0.6) is 0 Å². The molecule has 188 valence electrons. The Balaban J connectivity index is 1.84. The molecule has 10 nitrogen and oxygen atoms in total. The van der Waals surface area contributed by atoms with Crippen LogP contribution in [0.15, 0.2) is 24.3 Å². The van der Waals surface area contributed by atoms with Gasteiger partial charge in [-0.2, -0.15) is 5.26 Å². The number of para-hydroxylation sites is 1. The molecule has 0 bridgehead atoms. The van der Waals surface area contributed by atoms with Crippen molar-refractivity contribution in [1.82, 2.24) is 15.1 Å². The summed E-state index contributed by atoms with van der Waals surface area (Å²) >= 11 is 0. The quantitative estimate of drug-likeness (QED) is 0.466. The molecule has 1 saturated heterocycles. The topological polar surface area (TPSA) is 143 Å². The van der Waals surface area contributed by atoms with Crippen LogP contribution in [0.3, 0.4) is 0 Å². The Kier molecular flexibility index (Phi) is 7.80. The maximum atomic E-state index is 13.8. The molecule has 0 aliphatic carbocycles. The lowest BCUT2D eigenvalue weighted by atomic mass is 9.80. The molecule has 4 atom stereocenters. The van der Waals surface area contributed by atoms with E-state index in [-0.39, 0.29) is 31.4 Å². The zero-order valence-corrected chi connectivity index (χ0v) is 20.6. The largest absolute Gasteiger partial charge is 0.394 e. The van der Waals surface area contributed by atoms with Crippen molar-refractivity contribution in [2.75, 3.05) is 25.5 Å². The third kappa shape index (κ3) is 5.15. The zero-order valence-electron chi connectivity index (χ0n) is 20.6. The average Bonchev–Trinajstić information content (AvgIpc) is 3.34. The summed E-state index contributed by atoms with van der Waals surface area (Å²) in [4.78, 5) is 54.5.